The van der Waals surface area contributed by atoms with Crippen LogP contribution in [0.25, 0.3) is 0 Å². The Morgan fingerprint density at radius 1 is 1.00 bits per heavy atom. The van der Waals surface area contributed by atoms with Gasteiger partial charge in [-0.2, -0.15) is 0 Å². The molecular weight excluding hydrogens is 148 g/mol. The molecule has 0 spiro atoms. The van der Waals surface area contributed by atoms with E-state index in [0.29, 0.717) is 20.0 Å². The third-order valence-corrected chi connectivity index (χ3v) is 1.19. The Bertz CT molecular complexity index is 76.8. The fourth-order valence-electron chi connectivity index (χ4n) is 0.633. The number of hydrogen-bond acceptors (Lipinski definition) is 4. The monoisotopic (exact) mass is 164 g/mol. The summed E-state index contributed by atoms with van der Waals surface area (Å²) in [5.74, 6) is 0. The summed E-state index contributed by atoms with van der Waals surface area (Å²) in [6.07, 6.45) is -0.00449. The number of methoxy groups -OCH3 is 3. The molecule has 0 aromatic carbocycles. The lowest BCUT2D eigenvalue weighted by Gasteiger charge is -2.13. The topological polar surface area (TPSA) is 36.9 Å². The van der Waals surface area contributed by atoms with E-state index in [1.807, 2.05) is 0 Å². The molecule has 4 nitrogen and oxygen atoms in total. The largest absolute Gasteiger partial charge is 0.382 e. The molecule has 1 atom stereocenters. The van der Waals surface area contributed by atoms with Gasteiger partial charge in [0.05, 0.1) is 13.2 Å². The fraction of sp³-hybridized carbons (Fsp3) is 1.00. The number of hydrogen-bond donors (Lipinski definition) is 0. The van der Waals surface area contributed by atoms with Gasteiger partial charge in [-0.1, -0.05) is 0 Å². The van der Waals surface area contributed by atoms with Crippen LogP contribution < -0.4 is 0 Å². The summed E-state index contributed by atoms with van der Waals surface area (Å²) in [6, 6.07) is 0. The Labute approximate surface area is 67.4 Å². The van der Waals surface area contributed by atoms with Gasteiger partial charge in [0.2, 0.25) is 0 Å². The Hall–Kier alpha value is -0.160. The molecule has 0 aliphatic carbocycles. The lowest BCUT2D eigenvalue weighted by molar-refractivity contribution is -0.0846. The summed E-state index contributed by atoms with van der Waals surface area (Å²) in [4.78, 5) is 0. The second kappa shape index (κ2) is 7.94. The number of ether oxygens (including phenoxy) is 4. The van der Waals surface area contributed by atoms with Gasteiger partial charge in [0.25, 0.3) is 0 Å². The second-order valence-electron chi connectivity index (χ2n) is 2.09. The van der Waals surface area contributed by atoms with Crippen molar-refractivity contribution in [3.8, 4) is 0 Å². The molecule has 0 aromatic rings. The van der Waals surface area contributed by atoms with E-state index in [0.717, 1.165) is 0 Å². The zero-order chi connectivity index (χ0) is 8.53. The highest BCUT2D eigenvalue weighted by molar-refractivity contribution is 4.51. The summed E-state index contributed by atoms with van der Waals surface area (Å²) >= 11 is 0. The molecule has 68 valence electrons. The first-order valence-corrected chi connectivity index (χ1v) is 3.43. The van der Waals surface area contributed by atoms with Crippen LogP contribution in [0.3, 0.4) is 0 Å². The zero-order valence-corrected chi connectivity index (χ0v) is 7.33. The summed E-state index contributed by atoms with van der Waals surface area (Å²) < 4.78 is 19.7. The molecule has 4 heteroatoms. The van der Waals surface area contributed by atoms with E-state index in [1.165, 1.54) is 0 Å². The number of rotatable bonds is 7. The SMILES string of the molecule is COCOCC(COC)OC. The molecule has 0 N–H and O–H groups in total. The minimum atomic E-state index is -0.00449. The maximum atomic E-state index is 5.06. The van der Waals surface area contributed by atoms with Crippen molar-refractivity contribution in [1.82, 2.24) is 0 Å². The lowest BCUT2D eigenvalue weighted by atomic mass is 10.4. The van der Waals surface area contributed by atoms with Crippen molar-refractivity contribution in [3.63, 3.8) is 0 Å². The smallest absolute Gasteiger partial charge is 0.146 e. The minimum Gasteiger partial charge on any atom is -0.382 e. The minimum absolute atomic E-state index is 0.00449. The van der Waals surface area contributed by atoms with Crippen LogP contribution in [0, 0.1) is 0 Å². The van der Waals surface area contributed by atoms with Crippen molar-refractivity contribution in [2.24, 2.45) is 0 Å². The van der Waals surface area contributed by atoms with Gasteiger partial charge in [0.15, 0.2) is 0 Å². The molecule has 0 aliphatic rings. The predicted octanol–water partition coefficient (Wildman–Crippen LogP) is 0.268. The van der Waals surface area contributed by atoms with Gasteiger partial charge in [0.1, 0.15) is 12.9 Å². The van der Waals surface area contributed by atoms with E-state index in [1.54, 1.807) is 21.3 Å². The van der Waals surface area contributed by atoms with Crippen LogP contribution >= 0.6 is 0 Å². The van der Waals surface area contributed by atoms with Crippen molar-refractivity contribution >= 4 is 0 Å². The molecule has 11 heavy (non-hydrogen) atoms. The summed E-state index contributed by atoms with van der Waals surface area (Å²) in [6.45, 7) is 1.34. The summed E-state index contributed by atoms with van der Waals surface area (Å²) in [5, 5.41) is 0. The van der Waals surface area contributed by atoms with Crippen LogP contribution in [0.4, 0.5) is 0 Å². The molecule has 0 bridgehead atoms. The molecule has 0 radical (unpaired) electrons. The van der Waals surface area contributed by atoms with Crippen molar-refractivity contribution in [3.05, 3.63) is 0 Å². The lowest BCUT2D eigenvalue weighted by Crippen LogP contribution is -2.24. The Balaban J connectivity index is 3.20. The molecule has 0 saturated heterocycles. The van der Waals surface area contributed by atoms with Crippen LogP contribution in [0.5, 0.6) is 0 Å². The van der Waals surface area contributed by atoms with E-state index in [9.17, 15) is 0 Å². The van der Waals surface area contributed by atoms with E-state index >= 15 is 0 Å². The first-order chi connectivity index (χ1) is 5.35. The maximum Gasteiger partial charge on any atom is 0.146 e. The normalized spacial score (nSPS) is 13.4. The van der Waals surface area contributed by atoms with Gasteiger partial charge < -0.3 is 18.9 Å². The van der Waals surface area contributed by atoms with E-state index in [2.05, 4.69) is 0 Å². The molecule has 0 fully saturated rings. The van der Waals surface area contributed by atoms with Gasteiger partial charge in [-0.25, -0.2) is 0 Å². The van der Waals surface area contributed by atoms with E-state index < -0.39 is 0 Å². The zero-order valence-electron chi connectivity index (χ0n) is 7.33. The average molecular weight is 164 g/mol. The Morgan fingerprint density at radius 3 is 2.18 bits per heavy atom. The molecule has 0 amide bonds. The van der Waals surface area contributed by atoms with Gasteiger partial charge in [0, 0.05) is 21.3 Å². The van der Waals surface area contributed by atoms with E-state index in [-0.39, 0.29) is 6.10 Å². The Kier molecular flexibility index (Phi) is 7.83. The third kappa shape index (κ3) is 6.25. The highest BCUT2D eigenvalue weighted by Gasteiger charge is 2.05. The van der Waals surface area contributed by atoms with Crippen LogP contribution in [0.1, 0.15) is 0 Å². The average Bonchev–Trinajstić information content (AvgIpc) is 2.03. The van der Waals surface area contributed by atoms with Gasteiger partial charge >= 0.3 is 0 Å². The second-order valence-corrected chi connectivity index (χ2v) is 2.09. The van der Waals surface area contributed by atoms with Crippen LogP contribution in [-0.2, 0) is 18.9 Å². The fourth-order valence-corrected chi connectivity index (χ4v) is 0.633. The Morgan fingerprint density at radius 2 is 1.73 bits per heavy atom. The molecule has 0 saturated carbocycles. The van der Waals surface area contributed by atoms with Crippen molar-refractivity contribution in [2.45, 2.75) is 6.10 Å². The molecule has 1 unspecified atom stereocenters. The van der Waals surface area contributed by atoms with Crippen molar-refractivity contribution in [1.29, 1.82) is 0 Å². The van der Waals surface area contributed by atoms with E-state index in [4.69, 9.17) is 18.9 Å². The standard InChI is InChI=1S/C7H16O4/c1-8-4-7(10-3)5-11-6-9-2/h7H,4-6H2,1-3H3. The highest BCUT2D eigenvalue weighted by Crippen LogP contribution is 1.91. The van der Waals surface area contributed by atoms with Gasteiger partial charge in [-0.3, -0.25) is 0 Å². The van der Waals surface area contributed by atoms with Gasteiger partial charge in [-0.05, 0) is 0 Å². The third-order valence-electron chi connectivity index (χ3n) is 1.19. The first kappa shape index (κ1) is 10.8. The summed E-state index contributed by atoms with van der Waals surface area (Å²) in [5.41, 5.74) is 0. The molecule has 0 rings (SSSR count). The summed E-state index contributed by atoms with van der Waals surface area (Å²) in [7, 11) is 4.83. The van der Waals surface area contributed by atoms with Crippen LogP contribution in [-0.4, -0.2) is 47.4 Å². The molecule has 0 aliphatic heterocycles. The van der Waals surface area contributed by atoms with Crippen molar-refractivity contribution < 1.29 is 18.9 Å². The quantitative estimate of drug-likeness (QED) is 0.400. The van der Waals surface area contributed by atoms with Crippen LogP contribution in [0.2, 0.25) is 0 Å². The van der Waals surface area contributed by atoms with Crippen LogP contribution in [0.15, 0.2) is 0 Å². The first-order valence-electron chi connectivity index (χ1n) is 3.43. The molecule has 0 aromatic heterocycles. The van der Waals surface area contributed by atoms with Gasteiger partial charge in [-0.15, -0.1) is 0 Å². The maximum absolute atomic E-state index is 5.06. The molecule has 0 heterocycles. The predicted molar refractivity (Wildman–Crippen MR) is 40.5 cm³/mol. The highest BCUT2D eigenvalue weighted by atomic mass is 16.7. The molecular formula is C7H16O4. The van der Waals surface area contributed by atoms with Crippen molar-refractivity contribution in [2.75, 3.05) is 41.3 Å².